The van der Waals surface area contributed by atoms with Crippen LogP contribution >= 0.6 is 23.2 Å². The lowest BCUT2D eigenvalue weighted by molar-refractivity contribution is -0.147. The average Bonchev–Trinajstić information content (AvgIpc) is 3.31. The van der Waals surface area contributed by atoms with Gasteiger partial charge in [0.2, 0.25) is 17.7 Å². The molecule has 0 bridgehead atoms. The number of pyridine rings is 1. The van der Waals surface area contributed by atoms with Crippen molar-refractivity contribution < 1.29 is 32.3 Å². The number of alkyl halides is 3. The number of carbonyl (C=O) groups is 2. The Kier molecular flexibility index (Phi) is 8.65. The number of fused-ring (bicyclic) bond motifs is 1. The highest BCUT2D eigenvalue weighted by molar-refractivity contribution is 6.34. The van der Waals surface area contributed by atoms with Crippen LogP contribution in [-0.4, -0.2) is 73.6 Å². The Hall–Kier alpha value is -4.41. The lowest BCUT2D eigenvalue weighted by Crippen LogP contribution is -2.50. The second-order valence-corrected chi connectivity index (χ2v) is 11.7. The van der Waals surface area contributed by atoms with Crippen LogP contribution in [0.4, 0.5) is 29.1 Å². The summed E-state index contributed by atoms with van der Waals surface area (Å²) < 4.78 is 57.7. The molecule has 0 aliphatic carbocycles. The van der Waals surface area contributed by atoms with E-state index in [2.05, 4.69) is 20.2 Å². The van der Waals surface area contributed by atoms with E-state index in [1.54, 1.807) is 0 Å². The number of halogens is 6. The molecule has 244 valence electrons. The Bertz CT molecular complexity index is 1960. The second-order valence-electron chi connectivity index (χ2n) is 10.9. The van der Waals surface area contributed by atoms with Crippen LogP contribution < -0.4 is 21.5 Å². The summed E-state index contributed by atoms with van der Waals surface area (Å²) in [5.74, 6) is -4.92. The number of phenols is 1. The maximum absolute atomic E-state index is 14.8. The van der Waals surface area contributed by atoms with Crippen LogP contribution in [0, 0.1) is 5.95 Å². The van der Waals surface area contributed by atoms with Crippen molar-refractivity contribution in [3.63, 3.8) is 0 Å². The number of piperazine rings is 1. The largest absolute Gasteiger partial charge is 0.506 e. The molecule has 1 aromatic carbocycles. The second kappa shape index (κ2) is 12.1. The Morgan fingerprint density at radius 2 is 1.85 bits per heavy atom. The molecule has 0 spiro atoms. The van der Waals surface area contributed by atoms with E-state index in [0.29, 0.717) is 24.2 Å². The van der Waals surface area contributed by atoms with Crippen LogP contribution in [0.1, 0.15) is 23.1 Å². The molecule has 3 aromatic heterocycles. The number of rotatable bonds is 6. The van der Waals surface area contributed by atoms with E-state index >= 15 is 0 Å². The maximum atomic E-state index is 14.8. The Morgan fingerprint density at radius 3 is 2.48 bits per heavy atom. The van der Waals surface area contributed by atoms with E-state index in [4.69, 9.17) is 28.9 Å². The summed E-state index contributed by atoms with van der Waals surface area (Å²) in [4.78, 5) is 50.1. The van der Waals surface area contributed by atoms with Crippen LogP contribution in [0.15, 0.2) is 29.2 Å². The zero-order valence-electron chi connectivity index (χ0n) is 24.4. The summed E-state index contributed by atoms with van der Waals surface area (Å²) in [7, 11) is 2.82. The molecule has 4 aromatic rings. The van der Waals surface area contributed by atoms with Gasteiger partial charge in [0.05, 0.1) is 21.7 Å². The van der Waals surface area contributed by atoms with Gasteiger partial charge in [0, 0.05) is 50.6 Å². The molecule has 1 saturated heterocycles. The number of carbonyl (C=O) groups excluding carboxylic acids is 2. The van der Waals surface area contributed by atoms with Crippen LogP contribution in [-0.2, 0) is 24.6 Å². The highest BCUT2D eigenvalue weighted by Gasteiger charge is 2.37. The maximum Gasteiger partial charge on any atom is 0.449 e. The average molecular weight is 685 g/mol. The number of nitrogens with one attached hydrogen (secondary N) is 1. The number of aromatic nitrogens is 4. The number of nitrogens with two attached hydrogens (primary N) is 1. The SMILES string of the molecule is C[C@H]1CN(C)CCN1c1cc(NC(=O)Cn2cc(-c3cc(Cl)c(O)c(C(N)=O)c3)c3c(=O)n(C)c(C(F)(F)F)nc32)c(Cl)c(F)n1. The Labute approximate surface area is 267 Å². The fraction of sp³-hybridized carbons (Fsp3) is 0.321. The third-order valence-corrected chi connectivity index (χ3v) is 8.26. The summed E-state index contributed by atoms with van der Waals surface area (Å²) in [6.07, 6.45) is -3.88. The summed E-state index contributed by atoms with van der Waals surface area (Å²) in [5.41, 5.74) is 3.10. The van der Waals surface area contributed by atoms with Gasteiger partial charge in [-0.2, -0.15) is 17.6 Å². The molecule has 4 N–H and O–H groups in total. The van der Waals surface area contributed by atoms with Crippen LogP contribution in [0.5, 0.6) is 5.75 Å². The predicted molar refractivity (Wildman–Crippen MR) is 163 cm³/mol. The molecule has 4 heterocycles. The molecule has 0 radical (unpaired) electrons. The predicted octanol–water partition coefficient (Wildman–Crippen LogP) is 3.85. The van der Waals surface area contributed by atoms with Crippen molar-refractivity contribution in [3.05, 3.63) is 62.1 Å². The number of nitrogens with zero attached hydrogens (tertiary/aromatic N) is 6. The summed E-state index contributed by atoms with van der Waals surface area (Å²) in [6.45, 7) is 3.11. The molecular weight excluding hydrogens is 659 g/mol. The third-order valence-electron chi connectivity index (χ3n) is 7.61. The fourth-order valence-electron chi connectivity index (χ4n) is 5.40. The van der Waals surface area contributed by atoms with Crippen molar-refractivity contribution in [3.8, 4) is 16.9 Å². The van der Waals surface area contributed by atoms with Crippen molar-refractivity contribution in [2.75, 3.05) is 36.9 Å². The minimum absolute atomic E-state index is 0.0182. The van der Waals surface area contributed by atoms with Crippen molar-refractivity contribution in [2.45, 2.75) is 25.7 Å². The van der Waals surface area contributed by atoms with Gasteiger partial charge in [-0.1, -0.05) is 23.2 Å². The normalized spacial score (nSPS) is 15.8. The molecule has 1 atom stereocenters. The Balaban J connectivity index is 1.59. The number of amides is 2. The highest BCUT2D eigenvalue weighted by Crippen LogP contribution is 2.37. The van der Waals surface area contributed by atoms with E-state index in [9.17, 15) is 37.1 Å². The van der Waals surface area contributed by atoms with Gasteiger partial charge in [-0.25, -0.2) is 9.97 Å². The van der Waals surface area contributed by atoms with Crippen LogP contribution in [0.3, 0.4) is 0 Å². The van der Waals surface area contributed by atoms with Gasteiger partial charge in [-0.15, -0.1) is 0 Å². The standard InChI is InChI=1S/C28H26Cl2F4N8O4/c1-12-9-39(2)4-5-42(12)18-8-17(21(30)23(31)37-18)36-19(43)11-41-10-15(13-6-14(24(35)45)22(44)16(29)7-13)20-25(41)38-27(28(32,33)34)40(3)26(20)46/h6-8,10,12,44H,4-5,9,11H2,1-3H3,(H2,35,45)(H,36,37,43)/t12-/m0/s1. The first-order valence-corrected chi connectivity index (χ1v) is 14.3. The lowest BCUT2D eigenvalue weighted by atomic mass is 10.0. The van der Waals surface area contributed by atoms with Gasteiger partial charge in [0.1, 0.15) is 28.8 Å². The zero-order chi connectivity index (χ0) is 33.8. The first-order valence-electron chi connectivity index (χ1n) is 13.6. The molecule has 46 heavy (non-hydrogen) atoms. The van der Waals surface area contributed by atoms with Gasteiger partial charge >= 0.3 is 6.18 Å². The van der Waals surface area contributed by atoms with Gasteiger partial charge in [0.25, 0.3) is 11.5 Å². The zero-order valence-corrected chi connectivity index (χ0v) is 25.9. The smallest absolute Gasteiger partial charge is 0.449 e. The topological polar surface area (TPSA) is 152 Å². The third kappa shape index (κ3) is 6.07. The highest BCUT2D eigenvalue weighted by atomic mass is 35.5. The number of likely N-dealkylation sites (N-methyl/N-ethyl adjacent to an activating group) is 1. The lowest BCUT2D eigenvalue weighted by Gasteiger charge is -2.39. The quantitative estimate of drug-likeness (QED) is 0.205. The number of anilines is 2. The molecule has 0 unspecified atom stereocenters. The van der Waals surface area contributed by atoms with E-state index in [1.165, 1.54) is 18.3 Å². The van der Waals surface area contributed by atoms with Gasteiger partial charge < -0.3 is 30.5 Å². The Morgan fingerprint density at radius 1 is 1.15 bits per heavy atom. The van der Waals surface area contributed by atoms with E-state index in [0.717, 1.165) is 17.7 Å². The molecular formula is C28H26Cl2F4N8O4. The summed E-state index contributed by atoms with van der Waals surface area (Å²) >= 11 is 12.2. The van der Waals surface area contributed by atoms with E-state index in [1.807, 2.05) is 18.9 Å². The van der Waals surface area contributed by atoms with Gasteiger partial charge in [0.15, 0.2) is 0 Å². The number of benzene rings is 1. The first kappa shape index (κ1) is 33.0. The van der Waals surface area contributed by atoms with Crippen LogP contribution in [0.25, 0.3) is 22.2 Å². The molecule has 12 nitrogen and oxygen atoms in total. The molecule has 1 fully saturated rings. The summed E-state index contributed by atoms with van der Waals surface area (Å²) in [6, 6.07) is 3.62. The number of hydrogen-bond donors (Lipinski definition) is 3. The minimum atomic E-state index is -5.04. The first-order chi connectivity index (χ1) is 21.5. The van der Waals surface area contributed by atoms with Crippen molar-refractivity contribution >= 4 is 57.6 Å². The van der Waals surface area contributed by atoms with Crippen molar-refractivity contribution in [2.24, 2.45) is 12.8 Å². The monoisotopic (exact) mass is 684 g/mol. The number of aromatic hydroxyl groups is 1. The molecule has 1 aliphatic heterocycles. The van der Waals surface area contributed by atoms with E-state index < -0.39 is 63.8 Å². The van der Waals surface area contributed by atoms with Crippen molar-refractivity contribution in [1.82, 2.24) is 24.0 Å². The molecule has 1 aliphatic rings. The number of primary amides is 1. The molecule has 2 amide bonds. The minimum Gasteiger partial charge on any atom is -0.506 e. The fourth-order valence-corrected chi connectivity index (χ4v) is 5.76. The molecule has 0 saturated carbocycles. The summed E-state index contributed by atoms with van der Waals surface area (Å²) in [5, 5.41) is 11.5. The van der Waals surface area contributed by atoms with Gasteiger partial charge in [-0.3, -0.25) is 19.0 Å². The molecule has 18 heteroatoms. The van der Waals surface area contributed by atoms with Crippen LogP contribution in [0.2, 0.25) is 10.0 Å². The number of hydrogen-bond acceptors (Lipinski definition) is 8. The van der Waals surface area contributed by atoms with E-state index in [-0.39, 0.29) is 39.1 Å². The molecule has 5 rings (SSSR count). The van der Waals surface area contributed by atoms with Gasteiger partial charge in [-0.05, 0) is 31.7 Å². The van der Waals surface area contributed by atoms with Crippen molar-refractivity contribution in [1.29, 1.82) is 0 Å².